The van der Waals surface area contributed by atoms with Crippen LogP contribution in [0.25, 0.3) is 16.9 Å². The first-order valence-corrected chi connectivity index (χ1v) is 8.23. The number of pyridine rings is 1. The van der Waals surface area contributed by atoms with Crippen LogP contribution >= 0.6 is 11.6 Å². The van der Waals surface area contributed by atoms with Gasteiger partial charge in [-0.25, -0.2) is 4.68 Å². The molecule has 0 saturated carbocycles. The van der Waals surface area contributed by atoms with Gasteiger partial charge in [0.2, 0.25) is 0 Å². The molecule has 23 heavy (non-hydrogen) atoms. The van der Waals surface area contributed by atoms with Crippen molar-refractivity contribution >= 4 is 17.4 Å². The molecule has 2 aromatic heterocycles. The molecule has 3 aromatic rings. The Morgan fingerprint density at radius 3 is 2.91 bits per heavy atom. The fourth-order valence-electron chi connectivity index (χ4n) is 3.03. The van der Waals surface area contributed by atoms with E-state index in [2.05, 4.69) is 16.4 Å². The third-order valence-electron chi connectivity index (χ3n) is 4.12. The van der Waals surface area contributed by atoms with E-state index in [1.54, 1.807) is 6.20 Å². The van der Waals surface area contributed by atoms with E-state index < -0.39 is 0 Å². The zero-order valence-electron chi connectivity index (χ0n) is 12.7. The van der Waals surface area contributed by atoms with E-state index in [-0.39, 0.29) is 0 Å². The lowest BCUT2D eigenvalue weighted by atomic mass is 10.1. The molecule has 3 heterocycles. The molecule has 0 spiro atoms. The molecule has 0 radical (unpaired) electrons. The Morgan fingerprint density at radius 1 is 1.13 bits per heavy atom. The van der Waals surface area contributed by atoms with Crippen molar-refractivity contribution in [1.82, 2.24) is 14.8 Å². The number of nitrogens with zero attached hydrogens (tertiary/aromatic N) is 3. The number of fused-ring (bicyclic) bond motifs is 1. The molecular weight excluding hydrogens is 308 g/mol. The number of aromatic nitrogens is 3. The predicted molar refractivity (Wildman–Crippen MR) is 93.2 cm³/mol. The van der Waals surface area contributed by atoms with E-state index in [0.717, 1.165) is 48.6 Å². The minimum absolute atomic E-state index is 0.711. The highest BCUT2D eigenvalue weighted by Crippen LogP contribution is 2.33. The summed E-state index contributed by atoms with van der Waals surface area (Å²) in [5, 5.41) is 9.12. The van der Waals surface area contributed by atoms with Crippen LogP contribution < -0.4 is 5.32 Å². The molecule has 4 rings (SSSR count). The highest BCUT2D eigenvalue weighted by atomic mass is 35.5. The number of benzene rings is 1. The lowest BCUT2D eigenvalue weighted by molar-refractivity contribution is 0.780. The van der Waals surface area contributed by atoms with Crippen LogP contribution in [0.3, 0.4) is 0 Å². The molecule has 0 saturated heterocycles. The van der Waals surface area contributed by atoms with Gasteiger partial charge in [0.1, 0.15) is 5.82 Å². The second-order valence-electron chi connectivity index (χ2n) is 5.69. The SMILES string of the molecule is Clc1cccc(-n2nc(-c3cccnc3)c3c2NCCCC3)c1. The maximum atomic E-state index is 6.16. The Morgan fingerprint density at radius 2 is 2.09 bits per heavy atom. The first kappa shape index (κ1) is 14.3. The Balaban J connectivity index is 1.92. The molecule has 1 aromatic carbocycles. The van der Waals surface area contributed by atoms with Gasteiger partial charge in [-0.1, -0.05) is 17.7 Å². The van der Waals surface area contributed by atoms with E-state index in [1.807, 2.05) is 41.2 Å². The summed E-state index contributed by atoms with van der Waals surface area (Å²) < 4.78 is 1.97. The first-order chi connectivity index (χ1) is 11.3. The van der Waals surface area contributed by atoms with E-state index in [4.69, 9.17) is 16.7 Å². The maximum absolute atomic E-state index is 6.16. The quantitative estimate of drug-likeness (QED) is 0.762. The van der Waals surface area contributed by atoms with Gasteiger partial charge < -0.3 is 5.32 Å². The van der Waals surface area contributed by atoms with Crippen molar-refractivity contribution in [1.29, 1.82) is 0 Å². The topological polar surface area (TPSA) is 42.7 Å². The molecule has 4 nitrogen and oxygen atoms in total. The minimum Gasteiger partial charge on any atom is -0.370 e. The first-order valence-electron chi connectivity index (χ1n) is 7.85. The summed E-state index contributed by atoms with van der Waals surface area (Å²) in [7, 11) is 0. The molecular formula is C18H17ClN4. The van der Waals surface area contributed by atoms with E-state index in [0.29, 0.717) is 5.02 Å². The summed E-state index contributed by atoms with van der Waals surface area (Å²) in [4.78, 5) is 4.24. The molecule has 1 aliphatic heterocycles. The van der Waals surface area contributed by atoms with Gasteiger partial charge in [0, 0.05) is 35.1 Å². The molecule has 0 unspecified atom stereocenters. The van der Waals surface area contributed by atoms with Gasteiger partial charge in [-0.05, 0) is 49.6 Å². The fourth-order valence-corrected chi connectivity index (χ4v) is 3.22. The van der Waals surface area contributed by atoms with Crippen LogP contribution in [-0.2, 0) is 6.42 Å². The highest BCUT2D eigenvalue weighted by molar-refractivity contribution is 6.30. The van der Waals surface area contributed by atoms with Crippen molar-refractivity contribution in [2.45, 2.75) is 19.3 Å². The average Bonchev–Trinajstić information content (AvgIpc) is 2.77. The van der Waals surface area contributed by atoms with Crippen molar-refractivity contribution in [3.8, 4) is 16.9 Å². The van der Waals surface area contributed by atoms with Crippen LogP contribution in [0.1, 0.15) is 18.4 Å². The van der Waals surface area contributed by atoms with Gasteiger partial charge in [-0.2, -0.15) is 5.10 Å². The van der Waals surface area contributed by atoms with Gasteiger partial charge in [0.25, 0.3) is 0 Å². The second kappa shape index (κ2) is 6.05. The number of hydrogen-bond donors (Lipinski definition) is 1. The van der Waals surface area contributed by atoms with Crippen molar-refractivity contribution < 1.29 is 0 Å². The van der Waals surface area contributed by atoms with Crippen molar-refractivity contribution in [2.24, 2.45) is 0 Å². The number of hydrogen-bond acceptors (Lipinski definition) is 3. The normalized spacial score (nSPS) is 14.0. The Hall–Kier alpha value is -2.33. The molecule has 5 heteroatoms. The van der Waals surface area contributed by atoms with Crippen molar-refractivity contribution in [3.05, 3.63) is 59.4 Å². The molecule has 0 atom stereocenters. The van der Waals surface area contributed by atoms with Gasteiger partial charge in [0.05, 0.1) is 11.4 Å². The van der Waals surface area contributed by atoms with E-state index in [9.17, 15) is 0 Å². The largest absolute Gasteiger partial charge is 0.370 e. The van der Waals surface area contributed by atoms with Crippen LogP contribution in [-0.4, -0.2) is 21.3 Å². The second-order valence-corrected chi connectivity index (χ2v) is 6.13. The molecule has 0 aliphatic carbocycles. The van der Waals surface area contributed by atoms with Gasteiger partial charge in [0.15, 0.2) is 0 Å². The van der Waals surface area contributed by atoms with Crippen molar-refractivity contribution in [2.75, 3.05) is 11.9 Å². The number of nitrogens with one attached hydrogen (secondary N) is 1. The summed E-state index contributed by atoms with van der Waals surface area (Å²) in [6, 6.07) is 11.8. The smallest absolute Gasteiger partial charge is 0.133 e. The van der Waals surface area contributed by atoms with E-state index >= 15 is 0 Å². The number of halogens is 1. The lowest BCUT2D eigenvalue weighted by Gasteiger charge is -2.09. The zero-order chi connectivity index (χ0) is 15.6. The summed E-state index contributed by atoms with van der Waals surface area (Å²) in [5.74, 6) is 1.07. The van der Waals surface area contributed by atoms with Gasteiger partial charge in [-0.15, -0.1) is 0 Å². The molecule has 1 N–H and O–H groups in total. The van der Waals surface area contributed by atoms with E-state index in [1.165, 1.54) is 5.56 Å². The molecule has 0 amide bonds. The lowest BCUT2D eigenvalue weighted by Crippen LogP contribution is -2.07. The number of anilines is 1. The fraction of sp³-hybridized carbons (Fsp3) is 0.222. The maximum Gasteiger partial charge on any atom is 0.133 e. The van der Waals surface area contributed by atoms with Gasteiger partial charge in [-0.3, -0.25) is 4.98 Å². The van der Waals surface area contributed by atoms with Crippen molar-refractivity contribution in [3.63, 3.8) is 0 Å². The monoisotopic (exact) mass is 324 g/mol. The van der Waals surface area contributed by atoms with Crippen LogP contribution in [0, 0.1) is 0 Å². The number of rotatable bonds is 2. The van der Waals surface area contributed by atoms with Crippen LogP contribution in [0.15, 0.2) is 48.8 Å². The third kappa shape index (κ3) is 2.70. The Labute approximate surface area is 140 Å². The summed E-state index contributed by atoms with van der Waals surface area (Å²) in [6.45, 7) is 0.964. The molecule has 0 fully saturated rings. The summed E-state index contributed by atoms with van der Waals surface area (Å²) in [5.41, 5.74) is 4.28. The van der Waals surface area contributed by atoms with Crippen LogP contribution in [0.4, 0.5) is 5.82 Å². The predicted octanol–water partition coefficient (Wildman–Crippen LogP) is 4.34. The minimum atomic E-state index is 0.711. The summed E-state index contributed by atoms with van der Waals surface area (Å²) in [6.07, 6.45) is 7.00. The van der Waals surface area contributed by atoms with Crippen LogP contribution in [0.5, 0.6) is 0 Å². The molecule has 116 valence electrons. The standard InChI is InChI=1S/C18H17ClN4/c19-14-6-3-7-15(11-14)23-18-16(8-1-2-10-21-18)17(22-23)13-5-4-9-20-12-13/h3-7,9,11-12,21H,1-2,8,10H2. The van der Waals surface area contributed by atoms with Crippen LogP contribution in [0.2, 0.25) is 5.02 Å². The third-order valence-corrected chi connectivity index (χ3v) is 4.35. The Bertz CT molecular complexity index is 826. The molecule has 0 bridgehead atoms. The molecule has 1 aliphatic rings. The zero-order valence-corrected chi connectivity index (χ0v) is 13.4. The Kier molecular flexibility index (Phi) is 3.75. The van der Waals surface area contributed by atoms with Gasteiger partial charge >= 0.3 is 0 Å². The summed E-state index contributed by atoms with van der Waals surface area (Å²) >= 11 is 6.16. The average molecular weight is 325 g/mol. The highest BCUT2D eigenvalue weighted by Gasteiger charge is 2.21.